The maximum atomic E-state index is 12.0. The standard InChI is InChI=1S/C16H27N3O2/c1-4-5-10-19(2)11-6-7-16(20)18-14-12-13(17)8-9-15(14)21-3/h8-9,12H,4-7,10-11,17H2,1-3H3,(H,18,20). The van der Waals surface area contributed by atoms with Gasteiger partial charge in [-0.2, -0.15) is 0 Å². The molecule has 0 radical (unpaired) electrons. The third kappa shape index (κ3) is 6.49. The van der Waals surface area contributed by atoms with Gasteiger partial charge in [-0.1, -0.05) is 13.3 Å². The Balaban J connectivity index is 2.38. The molecule has 5 nitrogen and oxygen atoms in total. The lowest BCUT2D eigenvalue weighted by atomic mass is 10.2. The minimum Gasteiger partial charge on any atom is -0.495 e. The highest BCUT2D eigenvalue weighted by Crippen LogP contribution is 2.26. The zero-order valence-corrected chi connectivity index (χ0v) is 13.3. The molecule has 5 heteroatoms. The number of rotatable bonds is 9. The van der Waals surface area contributed by atoms with Crippen LogP contribution < -0.4 is 15.8 Å². The molecule has 1 aromatic rings. The molecule has 0 aliphatic heterocycles. The SMILES string of the molecule is CCCCN(C)CCCC(=O)Nc1cc(N)ccc1OC. The molecule has 0 unspecified atom stereocenters. The van der Waals surface area contributed by atoms with Gasteiger partial charge in [0.15, 0.2) is 0 Å². The zero-order chi connectivity index (χ0) is 15.7. The van der Waals surface area contributed by atoms with E-state index in [4.69, 9.17) is 10.5 Å². The van der Waals surface area contributed by atoms with E-state index in [1.807, 2.05) is 0 Å². The van der Waals surface area contributed by atoms with Gasteiger partial charge in [-0.15, -0.1) is 0 Å². The molecule has 0 spiro atoms. The zero-order valence-electron chi connectivity index (χ0n) is 13.3. The van der Waals surface area contributed by atoms with Crippen molar-refractivity contribution < 1.29 is 9.53 Å². The predicted molar refractivity (Wildman–Crippen MR) is 87.7 cm³/mol. The van der Waals surface area contributed by atoms with Crippen LogP contribution >= 0.6 is 0 Å². The fraction of sp³-hybridized carbons (Fsp3) is 0.562. The first-order valence-corrected chi connectivity index (χ1v) is 7.48. The van der Waals surface area contributed by atoms with Crippen LogP contribution in [-0.4, -0.2) is 38.1 Å². The van der Waals surface area contributed by atoms with E-state index in [0.29, 0.717) is 23.5 Å². The number of carbonyl (C=O) groups excluding carboxylic acids is 1. The molecule has 0 saturated heterocycles. The number of unbranched alkanes of at least 4 members (excludes halogenated alkanes) is 1. The first-order chi connectivity index (χ1) is 10.1. The molecule has 0 heterocycles. The van der Waals surface area contributed by atoms with Crippen molar-refractivity contribution in [1.82, 2.24) is 4.90 Å². The van der Waals surface area contributed by atoms with Gasteiger partial charge in [-0.3, -0.25) is 4.79 Å². The Hall–Kier alpha value is -1.75. The summed E-state index contributed by atoms with van der Waals surface area (Å²) >= 11 is 0. The van der Waals surface area contributed by atoms with Crippen molar-refractivity contribution in [3.8, 4) is 5.75 Å². The summed E-state index contributed by atoms with van der Waals surface area (Å²) in [6, 6.07) is 5.21. The quantitative estimate of drug-likeness (QED) is 0.687. The second-order valence-corrected chi connectivity index (χ2v) is 5.27. The van der Waals surface area contributed by atoms with Crippen LogP contribution in [0.4, 0.5) is 11.4 Å². The smallest absolute Gasteiger partial charge is 0.224 e. The van der Waals surface area contributed by atoms with Gasteiger partial charge in [0.1, 0.15) is 5.75 Å². The van der Waals surface area contributed by atoms with Gasteiger partial charge in [-0.05, 0) is 51.2 Å². The highest BCUT2D eigenvalue weighted by molar-refractivity contribution is 5.92. The summed E-state index contributed by atoms with van der Waals surface area (Å²) in [4.78, 5) is 14.2. The number of nitrogen functional groups attached to an aromatic ring is 1. The third-order valence-corrected chi connectivity index (χ3v) is 3.33. The van der Waals surface area contributed by atoms with Gasteiger partial charge in [0.2, 0.25) is 5.91 Å². The van der Waals surface area contributed by atoms with Crippen LogP contribution in [0.5, 0.6) is 5.75 Å². The number of ether oxygens (including phenoxy) is 1. The molecule has 1 aromatic carbocycles. The predicted octanol–water partition coefficient (Wildman–Crippen LogP) is 2.73. The first-order valence-electron chi connectivity index (χ1n) is 7.48. The Morgan fingerprint density at radius 1 is 1.33 bits per heavy atom. The minimum atomic E-state index is -0.0113. The van der Waals surface area contributed by atoms with Gasteiger partial charge in [0.25, 0.3) is 0 Å². The first kappa shape index (κ1) is 17.3. The maximum absolute atomic E-state index is 12.0. The lowest BCUT2D eigenvalue weighted by Gasteiger charge is -2.16. The van der Waals surface area contributed by atoms with Gasteiger partial charge in [0, 0.05) is 12.1 Å². The Labute approximate surface area is 127 Å². The van der Waals surface area contributed by atoms with Crippen molar-refractivity contribution in [1.29, 1.82) is 0 Å². The van der Waals surface area contributed by atoms with Crippen molar-refractivity contribution in [2.24, 2.45) is 0 Å². The molecule has 0 atom stereocenters. The number of amides is 1. The van der Waals surface area contributed by atoms with E-state index in [1.54, 1.807) is 25.3 Å². The average molecular weight is 293 g/mol. The number of nitrogens with one attached hydrogen (secondary N) is 1. The molecule has 0 fully saturated rings. The maximum Gasteiger partial charge on any atom is 0.224 e. The molecule has 0 aliphatic rings. The van der Waals surface area contributed by atoms with E-state index in [9.17, 15) is 4.79 Å². The summed E-state index contributed by atoms with van der Waals surface area (Å²) in [5, 5.41) is 2.86. The summed E-state index contributed by atoms with van der Waals surface area (Å²) in [6.07, 6.45) is 3.73. The highest BCUT2D eigenvalue weighted by Gasteiger charge is 2.08. The Morgan fingerprint density at radius 3 is 2.71 bits per heavy atom. The van der Waals surface area contributed by atoms with E-state index in [1.165, 1.54) is 12.8 Å². The highest BCUT2D eigenvalue weighted by atomic mass is 16.5. The van der Waals surface area contributed by atoms with Gasteiger partial charge in [-0.25, -0.2) is 0 Å². The number of nitrogens with zero attached hydrogens (tertiary/aromatic N) is 1. The Bertz CT molecular complexity index is 449. The van der Waals surface area contributed by atoms with E-state index in [2.05, 4.69) is 24.2 Å². The summed E-state index contributed by atoms with van der Waals surface area (Å²) in [7, 11) is 3.67. The molecular weight excluding hydrogens is 266 g/mol. The van der Waals surface area contributed by atoms with Crippen molar-refractivity contribution in [3.05, 3.63) is 18.2 Å². The normalized spacial score (nSPS) is 10.7. The fourth-order valence-corrected chi connectivity index (χ4v) is 2.09. The minimum absolute atomic E-state index is 0.0113. The van der Waals surface area contributed by atoms with Gasteiger partial charge in [0.05, 0.1) is 12.8 Å². The summed E-state index contributed by atoms with van der Waals surface area (Å²) in [5.41, 5.74) is 6.96. The Morgan fingerprint density at radius 2 is 2.05 bits per heavy atom. The van der Waals surface area contributed by atoms with E-state index < -0.39 is 0 Å². The van der Waals surface area contributed by atoms with Crippen molar-refractivity contribution in [2.75, 3.05) is 38.3 Å². The molecule has 0 saturated carbocycles. The van der Waals surface area contributed by atoms with Crippen LogP contribution in [0.25, 0.3) is 0 Å². The number of hydrogen-bond acceptors (Lipinski definition) is 4. The molecule has 0 bridgehead atoms. The molecule has 0 aliphatic carbocycles. The molecular formula is C16H27N3O2. The molecule has 0 aromatic heterocycles. The fourth-order valence-electron chi connectivity index (χ4n) is 2.09. The molecule has 1 amide bonds. The van der Waals surface area contributed by atoms with E-state index in [0.717, 1.165) is 19.5 Å². The number of methoxy groups -OCH3 is 1. The van der Waals surface area contributed by atoms with Crippen molar-refractivity contribution >= 4 is 17.3 Å². The van der Waals surface area contributed by atoms with E-state index in [-0.39, 0.29) is 5.91 Å². The molecule has 21 heavy (non-hydrogen) atoms. The summed E-state index contributed by atoms with van der Waals surface area (Å²) in [6.45, 7) is 4.20. The van der Waals surface area contributed by atoms with Crippen LogP contribution in [0.3, 0.4) is 0 Å². The number of benzene rings is 1. The van der Waals surface area contributed by atoms with E-state index >= 15 is 0 Å². The van der Waals surface area contributed by atoms with Crippen LogP contribution in [0.1, 0.15) is 32.6 Å². The molecule has 1 rings (SSSR count). The second kappa shape index (κ2) is 9.23. The number of nitrogens with two attached hydrogens (primary N) is 1. The third-order valence-electron chi connectivity index (χ3n) is 3.33. The second-order valence-electron chi connectivity index (χ2n) is 5.27. The monoisotopic (exact) mass is 293 g/mol. The lowest BCUT2D eigenvalue weighted by molar-refractivity contribution is -0.116. The summed E-state index contributed by atoms with van der Waals surface area (Å²) < 4.78 is 5.21. The topological polar surface area (TPSA) is 67.6 Å². The van der Waals surface area contributed by atoms with Crippen LogP contribution in [0, 0.1) is 0 Å². The van der Waals surface area contributed by atoms with Gasteiger partial charge >= 0.3 is 0 Å². The largest absolute Gasteiger partial charge is 0.495 e. The van der Waals surface area contributed by atoms with Gasteiger partial charge < -0.3 is 20.7 Å². The number of hydrogen-bond donors (Lipinski definition) is 2. The lowest BCUT2D eigenvalue weighted by Crippen LogP contribution is -2.22. The van der Waals surface area contributed by atoms with Crippen LogP contribution in [0.2, 0.25) is 0 Å². The number of anilines is 2. The molecule has 3 N–H and O–H groups in total. The van der Waals surface area contributed by atoms with Crippen LogP contribution in [0.15, 0.2) is 18.2 Å². The summed E-state index contributed by atoms with van der Waals surface area (Å²) in [5.74, 6) is 0.611. The van der Waals surface area contributed by atoms with Crippen molar-refractivity contribution in [3.63, 3.8) is 0 Å². The Kier molecular flexibility index (Phi) is 7.61. The average Bonchev–Trinajstić information content (AvgIpc) is 2.45. The number of carbonyl (C=O) groups is 1. The molecule has 118 valence electrons. The van der Waals surface area contributed by atoms with Crippen molar-refractivity contribution in [2.45, 2.75) is 32.6 Å². The van der Waals surface area contributed by atoms with Crippen LogP contribution in [-0.2, 0) is 4.79 Å².